The zero-order valence-electron chi connectivity index (χ0n) is 12.2. The molecule has 1 amide bonds. The van der Waals surface area contributed by atoms with Crippen LogP contribution in [0.4, 0.5) is 5.69 Å². The average molecular weight is 333 g/mol. The van der Waals surface area contributed by atoms with Crippen molar-refractivity contribution in [2.24, 2.45) is 7.05 Å². The fourth-order valence-corrected chi connectivity index (χ4v) is 2.73. The van der Waals surface area contributed by atoms with Crippen molar-refractivity contribution in [1.82, 2.24) is 4.57 Å². The van der Waals surface area contributed by atoms with Gasteiger partial charge < -0.3 is 9.88 Å². The van der Waals surface area contributed by atoms with Gasteiger partial charge in [-0.1, -0.05) is 35.3 Å². The fraction of sp³-hybridized carbons (Fsp3) is 0.118. The Labute approximate surface area is 138 Å². The van der Waals surface area contributed by atoms with Crippen LogP contribution in [0.2, 0.25) is 10.0 Å². The van der Waals surface area contributed by atoms with Crippen LogP contribution in [0.15, 0.2) is 42.5 Å². The molecular weight excluding hydrogens is 319 g/mol. The van der Waals surface area contributed by atoms with Gasteiger partial charge in [-0.2, -0.15) is 0 Å². The molecule has 0 saturated carbocycles. The van der Waals surface area contributed by atoms with Crippen LogP contribution in [-0.2, 0) is 7.05 Å². The number of hydrogen-bond donors (Lipinski definition) is 1. The predicted molar refractivity (Wildman–Crippen MR) is 92.1 cm³/mol. The molecule has 3 rings (SSSR count). The van der Waals surface area contributed by atoms with Crippen LogP contribution in [-0.4, -0.2) is 10.5 Å². The Morgan fingerprint density at radius 3 is 2.59 bits per heavy atom. The number of anilines is 1. The first-order valence-electron chi connectivity index (χ1n) is 6.78. The van der Waals surface area contributed by atoms with E-state index in [-0.39, 0.29) is 5.91 Å². The average Bonchev–Trinajstić information content (AvgIpc) is 2.80. The van der Waals surface area contributed by atoms with E-state index in [4.69, 9.17) is 23.2 Å². The third-order valence-electron chi connectivity index (χ3n) is 3.67. The van der Waals surface area contributed by atoms with Crippen LogP contribution in [0.25, 0.3) is 10.9 Å². The van der Waals surface area contributed by atoms with Crippen molar-refractivity contribution in [3.8, 4) is 0 Å². The molecule has 1 N–H and O–H groups in total. The minimum absolute atomic E-state index is 0.185. The Morgan fingerprint density at radius 2 is 1.86 bits per heavy atom. The SMILES string of the molecule is Cc1ccc(NC(=O)c2cc3ccc(Cl)cc3n2C)cc1Cl. The van der Waals surface area contributed by atoms with Gasteiger partial charge in [-0.15, -0.1) is 0 Å². The van der Waals surface area contributed by atoms with Crippen molar-refractivity contribution >= 4 is 45.7 Å². The number of fused-ring (bicyclic) bond motifs is 1. The summed E-state index contributed by atoms with van der Waals surface area (Å²) >= 11 is 12.1. The summed E-state index contributed by atoms with van der Waals surface area (Å²) in [5, 5.41) is 5.11. The van der Waals surface area contributed by atoms with Crippen LogP contribution in [0.3, 0.4) is 0 Å². The number of nitrogens with zero attached hydrogens (tertiary/aromatic N) is 1. The number of rotatable bonds is 2. The van der Waals surface area contributed by atoms with Gasteiger partial charge in [-0.05, 0) is 42.8 Å². The molecule has 0 radical (unpaired) electrons. The minimum atomic E-state index is -0.185. The van der Waals surface area contributed by atoms with E-state index in [1.165, 1.54) is 0 Å². The van der Waals surface area contributed by atoms with Crippen molar-refractivity contribution in [2.75, 3.05) is 5.32 Å². The lowest BCUT2D eigenvalue weighted by molar-refractivity contribution is 0.102. The third kappa shape index (κ3) is 2.70. The summed E-state index contributed by atoms with van der Waals surface area (Å²) in [5.74, 6) is -0.185. The second kappa shape index (κ2) is 5.67. The molecule has 22 heavy (non-hydrogen) atoms. The molecule has 5 heteroatoms. The largest absolute Gasteiger partial charge is 0.340 e. The van der Waals surface area contributed by atoms with Gasteiger partial charge in [0, 0.05) is 33.7 Å². The summed E-state index contributed by atoms with van der Waals surface area (Å²) in [4.78, 5) is 12.5. The maximum absolute atomic E-state index is 12.5. The van der Waals surface area contributed by atoms with Crippen LogP contribution in [0.1, 0.15) is 16.1 Å². The highest BCUT2D eigenvalue weighted by atomic mass is 35.5. The number of nitrogens with one attached hydrogen (secondary N) is 1. The standard InChI is InChI=1S/C17H14Cl2N2O/c1-10-3-6-13(9-14(10)19)20-17(22)16-7-11-4-5-12(18)8-15(11)21(16)2/h3-9H,1-2H3,(H,20,22). The maximum Gasteiger partial charge on any atom is 0.272 e. The zero-order valence-corrected chi connectivity index (χ0v) is 13.7. The van der Waals surface area contributed by atoms with Crippen LogP contribution >= 0.6 is 23.2 Å². The van der Waals surface area contributed by atoms with Gasteiger partial charge in [0.1, 0.15) is 5.69 Å². The Bertz CT molecular complexity index is 884. The van der Waals surface area contributed by atoms with Crippen molar-refractivity contribution < 1.29 is 4.79 Å². The molecule has 0 bridgehead atoms. The number of aromatic nitrogens is 1. The van der Waals surface area contributed by atoms with E-state index in [0.29, 0.717) is 21.4 Å². The molecule has 0 saturated heterocycles. The third-order valence-corrected chi connectivity index (χ3v) is 4.31. The number of amides is 1. The first-order chi connectivity index (χ1) is 10.5. The summed E-state index contributed by atoms with van der Waals surface area (Å²) in [5.41, 5.74) is 3.12. The number of carbonyl (C=O) groups is 1. The van der Waals surface area contributed by atoms with Crippen molar-refractivity contribution in [1.29, 1.82) is 0 Å². The number of hydrogen-bond acceptors (Lipinski definition) is 1. The van der Waals surface area contributed by atoms with Crippen molar-refractivity contribution in [2.45, 2.75) is 6.92 Å². The fourth-order valence-electron chi connectivity index (χ4n) is 2.39. The summed E-state index contributed by atoms with van der Waals surface area (Å²) in [7, 11) is 1.84. The summed E-state index contributed by atoms with van der Waals surface area (Å²) in [6.45, 7) is 1.92. The Kier molecular flexibility index (Phi) is 3.85. The summed E-state index contributed by atoms with van der Waals surface area (Å²) in [6, 6.07) is 12.8. The molecule has 0 fully saturated rings. The lowest BCUT2D eigenvalue weighted by Crippen LogP contribution is -2.15. The lowest BCUT2D eigenvalue weighted by atomic mass is 10.2. The smallest absolute Gasteiger partial charge is 0.272 e. The molecule has 0 aliphatic heterocycles. The summed E-state index contributed by atoms with van der Waals surface area (Å²) < 4.78 is 1.83. The van der Waals surface area contributed by atoms with E-state index < -0.39 is 0 Å². The lowest BCUT2D eigenvalue weighted by Gasteiger charge is -2.08. The minimum Gasteiger partial charge on any atom is -0.340 e. The molecule has 3 nitrogen and oxygen atoms in total. The van der Waals surface area contributed by atoms with E-state index >= 15 is 0 Å². The van der Waals surface area contributed by atoms with E-state index in [1.807, 2.05) is 54.9 Å². The highest BCUT2D eigenvalue weighted by Crippen LogP contribution is 2.24. The second-order valence-corrected chi connectivity index (χ2v) is 6.05. The Morgan fingerprint density at radius 1 is 1.09 bits per heavy atom. The van der Waals surface area contributed by atoms with Crippen LogP contribution in [0, 0.1) is 6.92 Å². The van der Waals surface area contributed by atoms with Crippen LogP contribution < -0.4 is 5.32 Å². The molecular formula is C17H14Cl2N2O. The van der Waals surface area contributed by atoms with E-state index in [2.05, 4.69) is 5.32 Å². The first-order valence-corrected chi connectivity index (χ1v) is 7.54. The predicted octanol–water partition coefficient (Wildman–Crippen LogP) is 5.05. The van der Waals surface area contributed by atoms with Crippen molar-refractivity contribution in [3.05, 3.63) is 63.8 Å². The summed E-state index contributed by atoms with van der Waals surface area (Å²) in [6.07, 6.45) is 0. The molecule has 0 aliphatic rings. The normalized spacial score (nSPS) is 10.9. The Hall–Kier alpha value is -1.97. The van der Waals surface area contributed by atoms with Gasteiger partial charge in [0.25, 0.3) is 5.91 Å². The van der Waals surface area contributed by atoms with Gasteiger partial charge in [-0.25, -0.2) is 0 Å². The van der Waals surface area contributed by atoms with E-state index in [9.17, 15) is 4.79 Å². The molecule has 0 unspecified atom stereocenters. The molecule has 0 aliphatic carbocycles. The maximum atomic E-state index is 12.5. The Balaban J connectivity index is 1.95. The molecule has 1 heterocycles. The van der Waals surface area contributed by atoms with Gasteiger partial charge in [0.05, 0.1) is 0 Å². The van der Waals surface area contributed by atoms with Gasteiger partial charge in [-0.3, -0.25) is 4.79 Å². The highest BCUT2D eigenvalue weighted by molar-refractivity contribution is 6.32. The van der Waals surface area contributed by atoms with Crippen molar-refractivity contribution in [3.63, 3.8) is 0 Å². The van der Waals surface area contributed by atoms with Gasteiger partial charge in [0.15, 0.2) is 0 Å². The molecule has 112 valence electrons. The molecule has 1 aromatic heterocycles. The van der Waals surface area contributed by atoms with Gasteiger partial charge >= 0.3 is 0 Å². The number of halogens is 2. The highest BCUT2D eigenvalue weighted by Gasteiger charge is 2.14. The molecule has 3 aromatic rings. The number of aryl methyl sites for hydroxylation is 2. The first kappa shape index (κ1) is 14.9. The number of carbonyl (C=O) groups excluding carboxylic acids is 1. The van der Waals surface area contributed by atoms with E-state index in [1.54, 1.807) is 6.07 Å². The quantitative estimate of drug-likeness (QED) is 0.700. The number of benzene rings is 2. The topological polar surface area (TPSA) is 34.0 Å². The second-order valence-electron chi connectivity index (χ2n) is 5.21. The molecule has 0 spiro atoms. The van der Waals surface area contributed by atoms with Gasteiger partial charge in [0.2, 0.25) is 0 Å². The molecule has 2 aromatic carbocycles. The molecule has 0 atom stereocenters. The van der Waals surface area contributed by atoms with E-state index in [0.717, 1.165) is 16.5 Å². The zero-order chi connectivity index (χ0) is 15.9. The van der Waals surface area contributed by atoms with Crippen LogP contribution in [0.5, 0.6) is 0 Å². The monoisotopic (exact) mass is 332 g/mol.